The number of hydrogen-bond donors (Lipinski definition) is 2. The highest BCUT2D eigenvalue weighted by Crippen LogP contribution is 2.30. The van der Waals surface area contributed by atoms with Gasteiger partial charge in [0, 0.05) is 5.69 Å². The number of anilines is 2. The highest BCUT2D eigenvalue weighted by atomic mass is 35.5. The topological polar surface area (TPSA) is 85.8 Å². The Bertz CT molecular complexity index is 547. The lowest BCUT2D eigenvalue weighted by Crippen LogP contribution is -2.19. The first kappa shape index (κ1) is 12.7. The zero-order chi connectivity index (χ0) is 13.1. The molecule has 1 aromatic heterocycles. The fraction of sp³-hybridized carbons (Fsp3) is 0.100. The van der Waals surface area contributed by atoms with Crippen molar-refractivity contribution in [3.63, 3.8) is 0 Å². The fourth-order valence-electron chi connectivity index (χ4n) is 1.32. The van der Waals surface area contributed by atoms with Gasteiger partial charge in [-0.1, -0.05) is 23.2 Å². The Hall–Kier alpha value is -1.79. The van der Waals surface area contributed by atoms with Crippen molar-refractivity contribution >= 4 is 40.5 Å². The number of halogens is 2. The molecule has 2 aromatic rings. The van der Waals surface area contributed by atoms with Crippen molar-refractivity contribution in [1.29, 1.82) is 0 Å². The maximum atomic E-state index is 11.7. The standard InChI is InChI=1S/C10H9Cl2N5O/c11-7-1-6(2-8(12)10(7)13)16-9(18)3-17-5-14-4-15-17/h1-2,4-5H,3,13H2,(H,16,18). The second-order valence-corrected chi connectivity index (χ2v) is 4.31. The van der Waals surface area contributed by atoms with E-state index in [2.05, 4.69) is 15.4 Å². The van der Waals surface area contributed by atoms with Crippen LogP contribution in [-0.2, 0) is 11.3 Å². The summed E-state index contributed by atoms with van der Waals surface area (Å²) in [4.78, 5) is 15.4. The molecule has 0 saturated carbocycles. The molecule has 18 heavy (non-hydrogen) atoms. The number of aromatic nitrogens is 3. The molecule has 0 aliphatic carbocycles. The second kappa shape index (κ2) is 5.24. The van der Waals surface area contributed by atoms with Gasteiger partial charge in [0.05, 0.1) is 15.7 Å². The van der Waals surface area contributed by atoms with Gasteiger partial charge in [-0.05, 0) is 12.1 Å². The number of benzene rings is 1. The fourth-order valence-corrected chi connectivity index (χ4v) is 1.81. The van der Waals surface area contributed by atoms with E-state index in [0.29, 0.717) is 15.7 Å². The molecule has 8 heteroatoms. The van der Waals surface area contributed by atoms with Gasteiger partial charge in [0.25, 0.3) is 0 Å². The van der Waals surface area contributed by atoms with Crippen LogP contribution in [0.15, 0.2) is 24.8 Å². The van der Waals surface area contributed by atoms with Crippen molar-refractivity contribution in [3.8, 4) is 0 Å². The lowest BCUT2D eigenvalue weighted by molar-refractivity contribution is -0.116. The highest BCUT2D eigenvalue weighted by Gasteiger charge is 2.08. The summed E-state index contributed by atoms with van der Waals surface area (Å²) in [6.45, 7) is 0.0552. The van der Waals surface area contributed by atoms with Crippen molar-refractivity contribution in [3.05, 3.63) is 34.8 Å². The number of hydrogen-bond acceptors (Lipinski definition) is 4. The van der Waals surface area contributed by atoms with Gasteiger partial charge in [-0.3, -0.25) is 4.79 Å². The zero-order valence-corrected chi connectivity index (χ0v) is 10.6. The van der Waals surface area contributed by atoms with Crippen LogP contribution in [0.25, 0.3) is 0 Å². The Kier molecular flexibility index (Phi) is 3.69. The number of amides is 1. The number of rotatable bonds is 3. The molecule has 2 rings (SSSR count). The molecule has 0 fully saturated rings. The number of nitrogen functional groups attached to an aromatic ring is 1. The minimum absolute atomic E-state index is 0.0552. The molecule has 0 saturated heterocycles. The summed E-state index contributed by atoms with van der Waals surface area (Å²) in [7, 11) is 0. The minimum Gasteiger partial charge on any atom is -0.396 e. The van der Waals surface area contributed by atoms with E-state index in [-0.39, 0.29) is 18.1 Å². The van der Waals surface area contributed by atoms with E-state index in [0.717, 1.165) is 0 Å². The number of nitrogens with two attached hydrogens (primary N) is 1. The van der Waals surface area contributed by atoms with Crippen LogP contribution in [0, 0.1) is 0 Å². The van der Waals surface area contributed by atoms with Gasteiger partial charge in [0.1, 0.15) is 19.2 Å². The number of carbonyl (C=O) groups is 1. The van der Waals surface area contributed by atoms with Crippen LogP contribution in [0.4, 0.5) is 11.4 Å². The van der Waals surface area contributed by atoms with Crippen LogP contribution < -0.4 is 11.1 Å². The minimum atomic E-state index is -0.266. The lowest BCUT2D eigenvalue weighted by atomic mass is 10.3. The van der Waals surface area contributed by atoms with Crippen molar-refractivity contribution < 1.29 is 4.79 Å². The number of nitrogens with zero attached hydrogens (tertiary/aromatic N) is 3. The summed E-state index contributed by atoms with van der Waals surface area (Å²) < 4.78 is 1.40. The van der Waals surface area contributed by atoms with Crippen LogP contribution in [-0.4, -0.2) is 20.7 Å². The summed E-state index contributed by atoms with van der Waals surface area (Å²) in [5, 5.41) is 7.04. The maximum absolute atomic E-state index is 11.7. The maximum Gasteiger partial charge on any atom is 0.246 e. The lowest BCUT2D eigenvalue weighted by Gasteiger charge is -2.08. The van der Waals surface area contributed by atoms with E-state index in [1.54, 1.807) is 0 Å². The van der Waals surface area contributed by atoms with Gasteiger partial charge in [0.15, 0.2) is 0 Å². The molecule has 1 aromatic carbocycles. The van der Waals surface area contributed by atoms with E-state index in [4.69, 9.17) is 28.9 Å². The molecule has 3 N–H and O–H groups in total. The van der Waals surface area contributed by atoms with Crippen LogP contribution in [0.1, 0.15) is 0 Å². The summed E-state index contributed by atoms with van der Waals surface area (Å²) in [5.41, 5.74) is 6.35. The molecule has 0 aliphatic rings. The zero-order valence-electron chi connectivity index (χ0n) is 9.10. The largest absolute Gasteiger partial charge is 0.396 e. The number of nitrogens with one attached hydrogen (secondary N) is 1. The molecular weight excluding hydrogens is 277 g/mol. The van der Waals surface area contributed by atoms with E-state index < -0.39 is 0 Å². The van der Waals surface area contributed by atoms with Gasteiger partial charge in [-0.15, -0.1) is 0 Å². The SMILES string of the molecule is Nc1c(Cl)cc(NC(=O)Cn2cncn2)cc1Cl. The van der Waals surface area contributed by atoms with Gasteiger partial charge in [-0.2, -0.15) is 5.10 Å². The molecule has 6 nitrogen and oxygen atoms in total. The van der Waals surface area contributed by atoms with Crippen LogP contribution in [0.3, 0.4) is 0 Å². The molecule has 0 atom stereocenters. The van der Waals surface area contributed by atoms with E-state index in [1.165, 1.54) is 29.5 Å². The predicted molar refractivity (Wildman–Crippen MR) is 69.5 cm³/mol. The first-order valence-corrected chi connectivity index (χ1v) is 5.68. The molecule has 0 spiro atoms. The van der Waals surface area contributed by atoms with Crippen LogP contribution >= 0.6 is 23.2 Å². The van der Waals surface area contributed by atoms with E-state index >= 15 is 0 Å². The molecular formula is C10H9Cl2N5O. The van der Waals surface area contributed by atoms with Crippen molar-refractivity contribution in [1.82, 2.24) is 14.8 Å². The smallest absolute Gasteiger partial charge is 0.246 e. The van der Waals surface area contributed by atoms with Crippen LogP contribution in [0.2, 0.25) is 10.0 Å². The van der Waals surface area contributed by atoms with Gasteiger partial charge >= 0.3 is 0 Å². The molecule has 1 amide bonds. The van der Waals surface area contributed by atoms with Gasteiger partial charge < -0.3 is 11.1 Å². The molecule has 0 unspecified atom stereocenters. The normalized spacial score (nSPS) is 10.3. The second-order valence-electron chi connectivity index (χ2n) is 3.49. The average molecular weight is 286 g/mol. The highest BCUT2D eigenvalue weighted by molar-refractivity contribution is 6.39. The Morgan fingerprint density at radius 3 is 2.61 bits per heavy atom. The third-order valence-corrected chi connectivity index (χ3v) is 2.76. The van der Waals surface area contributed by atoms with E-state index in [9.17, 15) is 4.79 Å². The summed E-state index contributed by atoms with van der Waals surface area (Å²) in [6.07, 6.45) is 2.80. The van der Waals surface area contributed by atoms with Gasteiger partial charge in [0.2, 0.25) is 5.91 Å². The molecule has 0 bridgehead atoms. The molecule has 0 radical (unpaired) electrons. The van der Waals surface area contributed by atoms with E-state index in [1.807, 2.05) is 0 Å². The van der Waals surface area contributed by atoms with Gasteiger partial charge in [-0.25, -0.2) is 9.67 Å². The summed E-state index contributed by atoms with van der Waals surface area (Å²) >= 11 is 11.7. The van der Waals surface area contributed by atoms with Crippen molar-refractivity contribution in [2.45, 2.75) is 6.54 Å². The average Bonchev–Trinajstić information content (AvgIpc) is 2.78. The van der Waals surface area contributed by atoms with Crippen molar-refractivity contribution in [2.24, 2.45) is 0 Å². The quantitative estimate of drug-likeness (QED) is 0.842. The third-order valence-electron chi connectivity index (χ3n) is 2.13. The Morgan fingerprint density at radius 1 is 1.39 bits per heavy atom. The Labute approximate surface area is 113 Å². The summed E-state index contributed by atoms with van der Waals surface area (Å²) in [6, 6.07) is 3.06. The Morgan fingerprint density at radius 2 is 2.06 bits per heavy atom. The summed E-state index contributed by atoms with van der Waals surface area (Å²) in [5.74, 6) is -0.266. The molecule has 0 aliphatic heterocycles. The van der Waals surface area contributed by atoms with Crippen molar-refractivity contribution in [2.75, 3.05) is 11.1 Å². The first-order chi connectivity index (χ1) is 8.56. The molecule has 94 valence electrons. The Balaban J connectivity index is 2.07. The third kappa shape index (κ3) is 2.91. The predicted octanol–water partition coefficient (Wildman–Crippen LogP) is 1.81. The number of carbonyl (C=O) groups excluding carboxylic acids is 1. The monoisotopic (exact) mass is 285 g/mol. The van der Waals surface area contributed by atoms with Crippen LogP contribution in [0.5, 0.6) is 0 Å². The molecule has 1 heterocycles. The first-order valence-electron chi connectivity index (χ1n) is 4.93.